The number of hydrogen-bond acceptors (Lipinski definition) is 4. The topological polar surface area (TPSA) is 61.2 Å². The molecule has 2 rings (SSSR count). The zero-order valence-corrected chi connectivity index (χ0v) is 16.7. The number of benzene rings is 2. The van der Waals surface area contributed by atoms with E-state index in [1.165, 1.54) is 0 Å². The molecule has 0 fully saturated rings. The number of amides is 1. The number of rotatable bonds is 9. The molecule has 6 nitrogen and oxygen atoms in total. The average molecular weight is 373 g/mol. The number of quaternary nitrogens is 1. The Kier molecular flexibility index (Phi) is 7.49. The summed E-state index contributed by atoms with van der Waals surface area (Å²) in [5.74, 6) is 2.19. The molecule has 0 heterocycles. The van der Waals surface area contributed by atoms with Crippen LogP contribution in [0, 0.1) is 0 Å². The molecule has 0 saturated carbocycles. The van der Waals surface area contributed by atoms with Gasteiger partial charge in [-0.1, -0.05) is 6.07 Å². The fraction of sp³-hybridized carbons (Fsp3) is 0.381. The van der Waals surface area contributed by atoms with Crippen molar-refractivity contribution in [2.45, 2.75) is 19.4 Å². The lowest BCUT2D eigenvalue weighted by atomic mass is 10.1. The molecule has 0 spiro atoms. The minimum atomic E-state index is -0.174. The van der Waals surface area contributed by atoms with Crippen molar-refractivity contribution in [3.63, 3.8) is 0 Å². The number of likely N-dealkylation sites (N-methyl/N-ethyl adjacent to an activating group) is 1. The van der Waals surface area contributed by atoms with Gasteiger partial charge in [-0.25, -0.2) is 0 Å². The SMILES string of the molecule is COc1ccc(NC(=O)[C@H](C)[NH+](C)CCc2ccc(OC)c(OC)c2)cc1. The minimum absolute atomic E-state index is 0.00928. The smallest absolute Gasteiger partial charge is 0.282 e. The van der Waals surface area contributed by atoms with Crippen LogP contribution in [0.1, 0.15) is 12.5 Å². The van der Waals surface area contributed by atoms with Gasteiger partial charge in [0.05, 0.1) is 34.9 Å². The first-order chi connectivity index (χ1) is 13.0. The summed E-state index contributed by atoms with van der Waals surface area (Å²) in [5.41, 5.74) is 1.91. The van der Waals surface area contributed by atoms with Crippen LogP contribution in [-0.4, -0.2) is 46.9 Å². The Morgan fingerprint density at radius 3 is 2.26 bits per heavy atom. The second kappa shape index (κ2) is 9.83. The van der Waals surface area contributed by atoms with Crippen molar-refractivity contribution in [2.75, 3.05) is 40.2 Å². The molecule has 0 radical (unpaired) electrons. The molecule has 146 valence electrons. The molecule has 0 aliphatic rings. The molecule has 0 aromatic heterocycles. The molecule has 2 atom stereocenters. The van der Waals surface area contributed by atoms with E-state index in [2.05, 4.69) is 5.32 Å². The first kappa shape index (κ1) is 20.6. The maximum atomic E-state index is 12.5. The molecular weight excluding hydrogens is 344 g/mol. The first-order valence-corrected chi connectivity index (χ1v) is 8.96. The predicted molar refractivity (Wildman–Crippen MR) is 106 cm³/mol. The summed E-state index contributed by atoms with van der Waals surface area (Å²) in [5, 5.41) is 2.95. The van der Waals surface area contributed by atoms with Gasteiger partial charge in [0.1, 0.15) is 5.75 Å². The lowest BCUT2D eigenvalue weighted by Crippen LogP contribution is -3.14. The van der Waals surface area contributed by atoms with Crippen LogP contribution in [0.25, 0.3) is 0 Å². The van der Waals surface area contributed by atoms with Crippen LogP contribution >= 0.6 is 0 Å². The molecule has 6 heteroatoms. The van der Waals surface area contributed by atoms with Gasteiger partial charge >= 0.3 is 0 Å². The van der Waals surface area contributed by atoms with Crippen LogP contribution < -0.4 is 24.4 Å². The third-order valence-electron chi connectivity index (χ3n) is 4.75. The van der Waals surface area contributed by atoms with Gasteiger partial charge in [-0.05, 0) is 48.9 Å². The van der Waals surface area contributed by atoms with E-state index in [0.29, 0.717) is 5.75 Å². The van der Waals surface area contributed by atoms with Crippen molar-refractivity contribution in [3.05, 3.63) is 48.0 Å². The number of carbonyl (C=O) groups is 1. The van der Waals surface area contributed by atoms with Gasteiger partial charge in [0, 0.05) is 12.1 Å². The quantitative estimate of drug-likeness (QED) is 0.704. The minimum Gasteiger partial charge on any atom is -0.497 e. The Morgan fingerprint density at radius 1 is 1.00 bits per heavy atom. The summed E-state index contributed by atoms with van der Waals surface area (Å²) >= 11 is 0. The largest absolute Gasteiger partial charge is 0.497 e. The van der Waals surface area contributed by atoms with Crippen molar-refractivity contribution in [1.29, 1.82) is 0 Å². The number of nitrogens with one attached hydrogen (secondary N) is 2. The van der Waals surface area contributed by atoms with E-state index in [4.69, 9.17) is 14.2 Å². The van der Waals surface area contributed by atoms with Crippen molar-refractivity contribution >= 4 is 11.6 Å². The van der Waals surface area contributed by atoms with E-state index in [9.17, 15) is 4.79 Å². The second-order valence-electron chi connectivity index (χ2n) is 6.48. The summed E-state index contributed by atoms with van der Waals surface area (Å²) in [6.07, 6.45) is 0.840. The van der Waals surface area contributed by atoms with Gasteiger partial charge in [-0.3, -0.25) is 4.79 Å². The lowest BCUT2D eigenvalue weighted by molar-refractivity contribution is -0.893. The summed E-state index contributed by atoms with van der Waals surface area (Å²) in [7, 11) is 6.90. The van der Waals surface area contributed by atoms with Crippen molar-refractivity contribution in [3.8, 4) is 17.2 Å². The molecule has 2 aromatic carbocycles. The van der Waals surface area contributed by atoms with Gasteiger partial charge in [0.25, 0.3) is 5.91 Å². The molecule has 2 N–H and O–H groups in total. The Hall–Kier alpha value is -2.73. The number of methoxy groups -OCH3 is 3. The highest BCUT2D eigenvalue weighted by atomic mass is 16.5. The molecule has 2 aromatic rings. The Balaban J connectivity index is 1.90. The summed E-state index contributed by atoms with van der Waals surface area (Å²) in [6, 6.07) is 13.1. The van der Waals surface area contributed by atoms with Crippen LogP contribution in [-0.2, 0) is 11.2 Å². The van der Waals surface area contributed by atoms with E-state index < -0.39 is 0 Å². The third-order valence-corrected chi connectivity index (χ3v) is 4.75. The monoisotopic (exact) mass is 373 g/mol. The zero-order chi connectivity index (χ0) is 19.8. The summed E-state index contributed by atoms with van der Waals surface area (Å²) < 4.78 is 15.7. The van der Waals surface area contributed by atoms with Crippen LogP contribution in [0.15, 0.2) is 42.5 Å². The molecule has 0 aliphatic heterocycles. The van der Waals surface area contributed by atoms with Gasteiger partial charge in [-0.2, -0.15) is 0 Å². The number of hydrogen-bond donors (Lipinski definition) is 2. The Morgan fingerprint density at radius 2 is 1.67 bits per heavy atom. The molecular formula is C21H29N2O4+. The van der Waals surface area contributed by atoms with E-state index in [1.807, 2.05) is 56.4 Å². The lowest BCUT2D eigenvalue weighted by Gasteiger charge is -2.21. The van der Waals surface area contributed by atoms with E-state index in [-0.39, 0.29) is 11.9 Å². The molecule has 0 bridgehead atoms. The molecule has 0 aliphatic carbocycles. The summed E-state index contributed by atoms with van der Waals surface area (Å²) in [6.45, 7) is 2.76. The number of anilines is 1. The van der Waals surface area contributed by atoms with Crippen molar-refractivity contribution < 1.29 is 23.9 Å². The highest BCUT2D eigenvalue weighted by Crippen LogP contribution is 2.27. The van der Waals surface area contributed by atoms with Gasteiger partial charge in [-0.15, -0.1) is 0 Å². The fourth-order valence-corrected chi connectivity index (χ4v) is 2.74. The van der Waals surface area contributed by atoms with Crippen molar-refractivity contribution in [2.24, 2.45) is 0 Å². The molecule has 27 heavy (non-hydrogen) atoms. The molecule has 1 amide bonds. The van der Waals surface area contributed by atoms with Gasteiger partial charge < -0.3 is 24.4 Å². The highest BCUT2D eigenvalue weighted by Gasteiger charge is 2.21. The normalized spacial score (nSPS) is 12.8. The maximum Gasteiger partial charge on any atom is 0.282 e. The fourth-order valence-electron chi connectivity index (χ4n) is 2.74. The van der Waals surface area contributed by atoms with Crippen LogP contribution in [0.3, 0.4) is 0 Å². The number of carbonyl (C=O) groups excluding carboxylic acids is 1. The highest BCUT2D eigenvalue weighted by molar-refractivity contribution is 5.93. The predicted octanol–water partition coefficient (Wildman–Crippen LogP) is 1.80. The Bertz CT molecular complexity index is 746. The van der Waals surface area contributed by atoms with Crippen LogP contribution in [0.5, 0.6) is 17.2 Å². The van der Waals surface area contributed by atoms with E-state index in [0.717, 1.165) is 40.6 Å². The standard InChI is InChI=1S/C21H28N2O4/c1-15(21(24)22-17-7-9-18(25-3)10-8-17)23(2)13-12-16-6-11-19(26-4)20(14-16)27-5/h6-11,14-15H,12-13H2,1-5H3,(H,22,24)/p+1/t15-/m0/s1. The van der Waals surface area contributed by atoms with Gasteiger partial charge in [0.2, 0.25) is 0 Å². The average Bonchev–Trinajstić information content (AvgIpc) is 2.71. The maximum absolute atomic E-state index is 12.5. The van der Waals surface area contributed by atoms with Crippen LogP contribution in [0.4, 0.5) is 5.69 Å². The van der Waals surface area contributed by atoms with Crippen molar-refractivity contribution in [1.82, 2.24) is 0 Å². The zero-order valence-electron chi connectivity index (χ0n) is 16.7. The van der Waals surface area contributed by atoms with E-state index in [1.54, 1.807) is 21.3 Å². The summed E-state index contributed by atoms with van der Waals surface area (Å²) in [4.78, 5) is 13.6. The van der Waals surface area contributed by atoms with E-state index >= 15 is 0 Å². The number of ether oxygens (including phenoxy) is 3. The Labute approximate surface area is 161 Å². The third kappa shape index (κ3) is 5.62. The first-order valence-electron chi connectivity index (χ1n) is 8.96. The molecule has 0 saturated heterocycles. The van der Waals surface area contributed by atoms with Crippen LogP contribution in [0.2, 0.25) is 0 Å². The van der Waals surface area contributed by atoms with Gasteiger partial charge in [0.15, 0.2) is 17.5 Å². The second-order valence-corrected chi connectivity index (χ2v) is 6.48. The molecule has 1 unspecified atom stereocenters.